The molecular formula is C11H14N2O2. The summed E-state index contributed by atoms with van der Waals surface area (Å²) in [6, 6.07) is 7.52. The van der Waals surface area contributed by atoms with E-state index in [-0.39, 0.29) is 11.6 Å². The minimum absolute atomic E-state index is 0.258. The molecule has 0 heterocycles. The van der Waals surface area contributed by atoms with E-state index >= 15 is 0 Å². The summed E-state index contributed by atoms with van der Waals surface area (Å²) in [7, 11) is 2.98. The third-order valence-corrected chi connectivity index (χ3v) is 2.02. The number of nitrogens with one attached hydrogen (secondary N) is 1. The van der Waals surface area contributed by atoms with Crippen LogP contribution in [0.15, 0.2) is 29.4 Å². The lowest BCUT2D eigenvalue weighted by Crippen LogP contribution is -2.29. The molecule has 0 aromatic heterocycles. The van der Waals surface area contributed by atoms with Crippen LogP contribution in [0, 0.1) is 6.92 Å². The van der Waals surface area contributed by atoms with Gasteiger partial charge in [-0.05, 0) is 12.5 Å². The van der Waals surface area contributed by atoms with Crippen molar-refractivity contribution in [3.8, 4) is 0 Å². The number of amides is 1. The summed E-state index contributed by atoms with van der Waals surface area (Å²) in [5, 5.41) is 6.26. The van der Waals surface area contributed by atoms with Crippen molar-refractivity contribution in [2.24, 2.45) is 5.16 Å². The molecule has 1 rings (SSSR count). The first-order valence-corrected chi connectivity index (χ1v) is 4.60. The van der Waals surface area contributed by atoms with Gasteiger partial charge in [-0.3, -0.25) is 4.79 Å². The van der Waals surface area contributed by atoms with Crippen LogP contribution in [0.5, 0.6) is 0 Å². The molecule has 80 valence electrons. The third kappa shape index (κ3) is 2.56. The predicted molar refractivity (Wildman–Crippen MR) is 58.8 cm³/mol. The van der Waals surface area contributed by atoms with E-state index < -0.39 is 0 Å². The van der Waals surface area contributed by atoms with E-state index in [2.05, 4.69) is 15.3 Å². The van der Waals surface area contributed by atoms with Crippen molar-refractivity contribution in [3.63, 3.8) is 0 Å². The van der Waals surface area contributed by atoms with Crippen molar-refractivity contribution in [2.75, 3.05) is 14.2 Å². The number of hydrogen-bond acceptors (Lipinski definition) is 3. The smallest absolute Gasteiger partial charge is 0.273 e. The maximum atomic E-state index is 11.5. The number of hydrogen-bond donors (Lipinski definition) is 1. The number of aryl methyl sites for hydroxylation is 1. The topological polar surface area (TPSA) is 50.7 Å². The summed E-state index contributed by atoms with van der Waals surface area (Å²) >= 11 is 0. The van der Waals surface area contributed by atoms with E-state index in [1.807, 2.05) is 31.2 Å². The Morgan fingerprint density at radius 1 is 1.40 bits per heavy atom. The van der Waals surface area contributed by atoms with Crippen LogP contribution >= 0.6 is 0 Å². The molecule has 0 aliphatic rings. The molecule has 0 atom stereocenters. The lowest BCUT2D eigenvalue weighted by Gasteiger charge is -2.06. The van der Waals surface area contributed by atoms with E-state index in [4.69, 9.17) is 0 Å². The van der Waals surface area contributed by atoms with Gasteiger partial charge in [-0.25, -0.2) is 0 Å². The van der Waals surface area contributed by atoms with Gasteiger partial charge in [0.1, 0.15) is 7.11 Å². The van der Waals surface area contributed by atoms with E-state index in [0.29, 0.717) is 0 Å². The normalized spacial score (nSPS) is 11.0. The molecule has 0 bridgehead atoms. The molecule has 4 heteroatoms. The summed E-state index contributed by atoms with van der Waals surface area (Å²) in [5.41, 5.74) is 2.05. The number of rotatable bonds is 3. The standard InChI is InChI=1S/C11H14N2O2/c1-8-6-4-5-7-9(8)10(13-15-3)11(14)12-2/h4-7H,1-3H3,(H,12,14)/b13-10-. The SMILES string of the molecule is CNC(=O)/C(=N\OC)c1ccccc1C. The molecule has 0 aliphatic heterocycles. The maximum absolute atomic E-state index is 11.5. The van der Waals surface area contributed by atoms with Gasteiger partial charge in [0.15, 0.2) is 5.71 Å². The molecule has 1 N–H and O–H groups in total. The molecule has 0 radical (unpaired) electrons. The molecule has 1 aromatic carbocycles. The lowest BCUT2D eigenvalue weighted by molar-refractivity contribution is -0.114. The van der Waals surface area contributed by atoms with Gasteiger partial charge in [-0.1, -0.05) is 29.4 Å². The van der Waals surface area contributed by atoms with Gasteiger partial charge in [0, 0.05) is 12.6 Å². The van der Waals surface area contributed by atoms with Crippen LogP contribution in [-0.2, 0) is 9.63 Å². The van der Waals surface area contributed by atoms with Crippen molar-refractivity contribution < 1.29 is 9.63 Å². The van der Waals surface area contributed by atoms with Crippen LogP contribution in [0.1, 0.15) is 11.1 Å². The van der Waals surface area contributed by atoms with Crippen LogP contribution in [0.3, 0.4) is 0 Å². The van der Waals surface area contributed by atoms with Gasteiger partial charge in [0.2, 0.25) is 0 Å². The van der Waals surface area contributed by atoms with Crippen molar-refractivity contribution in [1.82, 2.24) is 5.32 Å². The Bertz CT molecular complexity index is 386. The monoisotopic (exact) mass is 206 g/mol. The molecular weight excluding hydrogens is 192 g/mol. The van der Waals surface area contributed by atoms with E-state index in [9.17, 15) is 4.79 Å². The lowest BCUT2D eigenvalue weighted by atomic mass is 10.0. The first-order chi connectivity index (χ1) is 7.20. The zero-order valence-corrected chi connectivity index (χ0v) is 9.07. The van der Waals surface area contributed by atoms with Crippen molar-refractivity contribution >= 4 is 11.6 Å². The van der Waals surface area contributed by atoms with Crippen molar-refractivity contribution in [3.05, 3.63) is 35.4 Å². The molecule has 0 spiro atoms. The zero-order chi connectivity index (χ0) is 11.3. The molecule has 1 aromatic rings. The van der Waals surface area contributed by atoms with Gasteiger partial charge < -0.3 is 10.2 Å². The van der Waals surface area contributed by atoms with Gasteiger partial charge >= 0.3 is 0 Å². The maximum Gasteiger partial charge on any atom is 0.273 e. The van der Waals surface area contributed by atoms with Crippen LogP contribution in [0.25, 0.3) is 0 Å². The van der Waals surface area contributed by atoms with E-state index in [1.54, 1.807) is 7.05 Å². The first kappa shape index (κ1) is 11.2. The Balaban J connectivity index is 3.17. The number of benzene rings is 1. The summed E-state index contributed by atoms with van der Waals surface area (Å²) < 4.78 is 0. The zero-order valence-electron chi connectivity index (χ0n) is 9.07. The Kier molecular flexibility index (Phi) is 3.85. The Hall–Kier alpha value is -1.84. The number of carbonyl (C=O) groups excluding carboxylic acids is 1. The Labute approximate surface area is 88.9 Å². The number of likely N-dealkylation sites (N-methyl/N-ethyl adjacent to an activating group) is 1. The quantitative estimate of drug-likeness (QED) is 0.594. The molecule has 15 heavy (non-hydrogen) atoms. The fraction of sp³-hybridized carbons (Fsp3) is 0.273. The third-order valence-electron chi connectivity index (χ3n) is 2.02. The number of oxime groups is 1. The highest BCUT2D eigenvalue weighted by Gasteiger charge is 2.14. The highest BCUT2D eigenvalue weighted by molar-refractivity contribution is 6.45. The van der Waals surface area contributed by atoms with E-state index in [0.717, 1.165) is 11.1 Å². The fourth-order valence-electron chi connectivity index (χ4n) is 1.26. The minimum atomic E-state index is -0.258. The van der Waals surface area contributed by atoms with Crippen LogP contribution < -0.4 is 5.32 Å². The summed E-state index contributed by atoms with van der Waals surface area (Å²) in [4.78, 5) is 16.2. The second kappa shape index (κ2) is 5.14. The van der Waals surface area contributed by atoms with Crippen molar-refractivity contribution in [2.45, 2.75) is 6.92 Å². The molecule has 0 saturated carbocycles. The van der Waals surface area contributed by atoms with Crippen LogP contribution in [-0.4, -0.2) is 25.8 Å². The number of carbonyl (C=O) groups is 1. The highest BCUT2D eigenvalue weighted by atomic mass is 16.6. The minimum Gasteiger partial charge on any atom is -0.398 e. The fourth-order valence-corrected chi connectivity index (χ4v) is 1.26. The average Bonchev–Trinajstić information content (AvgIpc) is 2.26. The van der Waals surface area contributed by atoms with E-state index in [1.165, 1.54) is 7.11 Å². The van der Waals surface area contributed by atoms with Gasteiger partial charge in [0.05, 0.1) is 0 Å². The van der Waals surface area contributed by atoms with Gasteiger partial charge in [-0.2, -0.15) is 0 Å². The molecule has 0 saturated heterocycles. The molecule has 1 amide bonds. The Morgan fingerprint density at radius 3 is 2.60 bits per heavy atom. The first-order valence-electron chi connectivity index (χ1n) is 4.60. The highest BCUT2D eigenvalue weighted by Crippen LogP contribution is 2.09. The predicted octanol–water partition coefficient (Wildman–Crippen LogP) is 1.09. The summed E-state index contributed by atoms with van der Waals surface area (Å²) in [6.07, 6.45) is 0. The average molecular weight is 206 g/mol. The molecule has 0 unspecified atom stereocenters. The molecule has 4 nitrogen and oxygen atoms in total. The molecule has 0 aliphatic carbocycles. The summed E-state index contributed by atoms with van der Waals surface area (Å²) in [5.74, 6) is -0.258. The second-order valence-corrected chi connectivity index (χ2v) is 3.02. The second-order valence-electron chi connectivity index (χ2n) is 3.02. The largest absolute Gasteiger partial charge is 0.398 e. The van der Waals surface area contributed by atoms with Crippen LogP contribution in [0.4, 0.5) is 0 Å². The summed E-state index contributed by atoms with van der Waals surface area (Å²) in [6.45, 7) is 1.92. The number of nitrogens with zero attached hydrogens (tertiary/aromatic N) is 1. The van der Waals surface area contributed by atoms with Crippen LogP contribution in [0.2, 0.25) is 0 Å². The molecule has 0 fully saturated rings. The van der Waals surface area contributed by atoms with Gasteiger partial charge in [-0.15, -0.1) is 0 Å². The Morgan fingerprint density at radius 2 is 2.07 bits per heavy atom. The van der Waals surface area contributed by atoms with Gasteiger partial charge in [0.25, 0.3) is 5.91 Å². The van der Waals surface area contributed by atoms with Crippen molar-refractivity contribution in [1.29, 1.82) is 0 Å².